The van der Waals surface area contributed by atoms with Gasteiger partial charge in [-0.05, 0) is 44.2 Å². The van der Waals surface area contributed by atoms with E-state index < -0.39 is 6.04 Å². The zero-order valence-electron chi connectivity index (χ0n) is 23.2. The first kappa shape index (κ1) is 27.3. The van der Waals surface area contributed by atoms with E-state index in [1.807, 2.05) is 18.2 Å². The van der Waals surface area contributed by atoms with Gasteiger partial charge >= 0.3 is 0 Å². The molecule has 43 heavy (non-hydrogen) atoms. The maximum atomic E-state index is 14.2. The van der Waals surface area contributed by atoms with Crippen LogP contribution in [0.1, 0.15) is 50.8 Å². The smallest absolute Gasteiger partial charge is 0.267 e. The molecule has 0 unspecified atom stereocenters. The predicted octanol–water partition coefficient (Wildman–Crippen LogP) is 2.42. The second kappa shape index (κ2) is 11.2. The van der Waals surface area contributed by atoms with Gasteiger partial charge in [-0.1, -0.05) is 36.1 Å². The first-order valence-corrected chi connectivity index (χ1v) is 13.4. The lowest BCUT2D eigenvalue weighted by atomic mass is 10.1. The van der Waals surface area contributed by atoms with Gasteiger partial charge in [-0.25, -0.2) is 19.2 Å². The molecule has 2 aromatic carbocycles. The lowest BCUT2D eigenvalue weighted by Crippen LogP contribution is -2.33. The Bertz CT molecular complexity index is 2150. The summed E-state index contributed by atoms with van der Waals surface area (Å²) in [5, 5.41) is 11.7. The van der Waals surface area contributed by atoms with Crippen molar-refractivity contribution in [3.05, 3.63) is 118 Å². The third-order valence-electron chi connectivity index (χ3n) is 6.82. The summed E-state index contributed by atoms with van der Waals surface area (Å²) in [6, 6.07) is 15.3. The van der Waals surface area contributed by atoms with E-state index in [1.54, 1.807) is 67.2 Å². The van der Waals surface area contributed by atoms with Crippen LogP contribution in [-0.4, -0.2) is 52.3 Å². The Morgan fingerprint density at radius 3 is 2.67 bits per heavy atom. The van der Waals surface area contributed by atoms with Gasteiger partial charge in [0.1, 0.15) is 11.4 Å². The Morgan fingerprint density at radius 2 is 1.88 bits per heavy atom. The highest BCUT2D eigenvalue weighted by molar-refractivity contribution is 6.01. The fourth-order valence-electron chi connectivity index (χ4n) is 4.82. The first-order valence-electron chi connectivity index (χ1n) is 13.4. The molecule has 1 amide bonds. The summed E-state index contributed by atoms with van der Waals surface area (Å²) in [7, 11) is 0. The van der Waals surface area contributed by atoms with Crippen molar-refractivity contribution in [3.63, 3.8) is 0 Å². The van der Waals surface area contributed by atoms with Gasteiger partial charge in [0.05, 0.1) is 46.6 Å². The quantitative estimate of drug-likeness (QED) is 0.299. The van der Waals surface area contributed by atoms with Crippen molar-refractivity contribution in [2.24, 2.45) is 5.73 Å². The van der Waals surface area contributed by atoms with E-state index in [-0.39, 0.29) is 23.9 Å². The van der Waals surface area contributed by atoms with Gasteiger partial charge < -0.3 is 11.1 Å². The Labute approximate surface area is 244 Å². The maximum absolute atomic E-state index is 14.2. The molecule has 6 aromatic rings. The van der Waals surface area contributed by atoms with Crippen molar-refractivity contribution >= 4 is 28.4 Å². The molecular formula is C31H25N9O3. The number of aromatic nitrogens is 7. The molecule has 0 spiro atoms. The average Bonchev–Trinajstić information content (AvgIpc) is 3.63. The molecule has 12 nitrogen and oxygen atoms in total. The molecule has 0 saturated carbocycles. The predicted molar refractivity (Wildman–Crippen MR) is 159 cm³/mol. The highest BCUT2D eigenvalue weighted by Crippen LogP contribution is 2.21. The van der Waals surface area contributed by atoms with Gasteiger partial charge in [0.25, 0.3) is 17.4 Å². The normalized spacial score (nSPS) is 11.7. The molecule has 0 aliphatic heterocycles. The molecule has 3 N–H and O–H groups in total. The number of hydrogen-bond donors (Lipinski definition) is 2. The summed E-state index contributed by atoms with van der Waals surface area (Å²) in [5.74, 6) is 5.58. The molecule has 4 aromatic heterocycles. The molecule has 12 heteroatoms. The molecule has 6 rings (SSSR count). The van der Waals surface area contributed by atoms with E-state index in [0.29, 0.717) is 50.4 Å². The van der Waals surface area contributed by atoms with Crippen molar-refractivity contribution in [2.75, 3.05) is 6.54 Å². The van der Waals surface area contributed by atoms with Crippen LogP contribution in [0.2, 0.25) is 0 Å². The number of hydrogen-bond acceptors (Lipinski definition) is 8. The fourth-order valence-corrected chi connectivity index (χ4v) is 4.82. The number of fused-ring (bicyclic) bond motifs is 2. The largest absolute Gasteiger partial charge is 0.342 e. The first-order chi connectivity index (χ1) is 20.9. The maximum Gasteiger partial charge on any atom is 0.267 e. The van der Waals surface area contributed by atoms with Crippen LogP contribution in [0.25, 0.3) is 22.2 Å². The molecule has 1 atom stereocenters. The van der Waals surface area contributed by atoms with Crippen molar-refractivity contribution in [1.29, 1.82) is 0 Å². The Kier molecular flexibility index (Phi) is 7.07. The number of carbonyl (C=O) groups excluding carboxylic acids is 2. The van der Waals surface area contributed by atoms with Crippen LogP contribution in [-0.2, 0) is 0 Å². The summed E-state index contributed by atoms with van der Waals surface area (Å²) in [4.78, 5) is 48.7. The summed E-state index contributed by atoms with van der Waals surface area (Å²) in [5.41, 5.74) is 8.30. The molecular weight excluding hydrogens is 546 g/mol. The van der Waals surface area contributed by atoms with Gasteiger partial charge in [0.15, 0.2) is 5.65 Å². The zero-order chi connectivity index (χ0) is 30.1. The Morgan fingerprint density at radius 1 is 1.07 bits per heavy atom. The topological polar surface area (TPSA) is 155 Å². The van der Waals surface area contributed by atoms with E-state index in [9.17, 15) is 14.4 Å². The van der Waals surface area contributed by atoms with Crippen LogP contribution in [0, 0.1) is 18.8 Å². The number of benzene rings is 2. The molecule has 212 valence electrons. The molecule has 4 heterocycles. The minimum absolute atomic E-state index is 0.181. The van der Waals surface area contributed by atoms with Crippen LogP contribution >= 0.6 is 0 Å². The fraction of sp³-hybridized carbons (Fsp3) is 0.129. The van der Waals surface area contributed by atoms with Crippen LogP contribution < -0.4 is 16.6 Å². The van der Waals surface area contributed by atoms with Crippen LogP contribution in [0.15, 0.2) is 84.2 Å². The standard InChI is InChI=1S/C31H25N9O3/c1-19-26(29-33-14-7-15-38(29)37-19)30(42)35-20(2)28-36-24-11-6-8-22(13-12-21-17-34-39(18-21)25(41)16-32)27(24)31(43)40(28)23-9-4-3-5-10-23/h3-11,14-15,17-18,20H,16,32H2,1-2H3,(H,35,42)/t20-/m1/s1. The van der Waals surface area contributed by atoms with Crippen molar-refractivity contribution in [1.82, 2.24) is 39.2 Å². The van der Waals surface area contributed by atoms with E-state index in [1.165, 1.54) is 17.0 Å². The van der Waals surface area contributed by atoms with Gasteiger partial charge in [-0.2, -0.15) is 10.2 Å². The SMILES string of the molecule is Cc1nn2cccnc2c1C(=O)N[C@H](C)c1nc2cccc(C#Cc3cnn(C(=O)CN)c3)c2c(=O)n1-c1ccccc1. The highest BCUT2D eigenvalue weighted by atomic mass is 16.2. The number of amides is 1. The number of nitrogens with zero attached hydrogens (tertiary/aromatic N) is 7. The van der Waals surface area contributed by atoms with Crippen molar-refractivity contribution in [2.45, 2.75) is 19.9 Å². The van der Waals surface area contributed by atoms with Crippen LogP contribution in [0.3, 0.4) is 0 Å². The Hall–Kier alpha value is -5.93. The number of nitrogens with one attached hydrogen (secondary N) is 1. The van der Waals surface area contributed by atoms with E-state index in [0.717, 1.165) is 4.68 Å². The Balaban J connectivity index is 1.45. The third kappa shape index (κ3) is 5.05. The summed E-state index contributed by atoms with van der Waals surface area (Å²) >= 11 is 0. The summed E-state index contributed by atoms with van der Waals surface area (Å²) < 4.78 is 4.16. The minimum atomic E-state index is -0.677. The summed E-state index contributed by atoms with van der Waals surface area (Å²) in [6.45, 7) is 3.33. The molecule has 0 saturated heterocycles. The van der Waals surface area contributed by atoms with Gasteiger partial charge in [0.2, 0.25) is 0 Å². The van der Waals surface area contributed by atoms with E-state index >= 15 is 0 Å². The van der Waals surface area contributed by atoms with Gasteiger partial charge in [-0.3, -0.25) is 19.0 Å². The van der Waals surface area contributed by atoms with Crippen LogP contribution in [0.5, 0.6) is 0 Å². The molecule has 0 aliphatic carbocycles. The number of para-hydroxylation sites is 1. The van der Waals surface area contributed by atoms with E-state index in [2.05, 4.69) is 32.3 Å². The number of carbonyl (C=O) groups is 2. The second-order valence-electron chi connectivity index (χ2n) is 9.71. The van der Waals surface area contributed by atoms with Crippen LogP contribution in [0.4, 0.5) is 0 Å². The monoisotopic (exact) mass is 571 g/mol. The molecule has 0 fully saturated rings. The van der Waals surface area contributed by atoms with E-state index in [4.69, 9.17) is 10.7 Å². The summed E-state index contributed by atoms with van der Waals surface area (Å²) in [6.07, 6.45) is 6.26. The number of aryl methyl sites for hydroxylation is 1. The molecule has 0 aliphatic rings. The lowest BCUT2D eigenvalue weighted by molar-refractivity contribution is 0.0906. The number of rotatable bonds is 5. The highest BCUT2D eigenvalue weighted by Gasteiger charge is 2.24. The van der Waals surface area contributed by atoms with Crippen molar-refractivity contribution < 1.29 is 9.59 Å². The van der Waals surface area contributed by atoms with Gasteiger partial charge in [-0.15, -0.1) is 0 Å². The molecule has 0 radical (unpaired) electrons. The average molecular weight is 572 g/mol. The zero-order valence-corrected chi connectivity index (χ0v) is 23.2. The van der Waals surface area contributed by atoms with Gasteiger partial charge in [0, 0.05) is 24.2 Å². The third-order valence-corrected chi connectivity index (χ3v) is 6.82. The molecule has 0 bridgehead atoms. The minimum Gasteiger partial charge on any atom is -0.342 e. The second-order valence-corrected chi connectivity index (χ2v) is 9.71. The van der Waals surface area contributed by atoms with Crippen molar-refractivity contribution in [3.8, 4) is 17.5 Å². The number of nitrogens with two attached hydrogens (primary N) is 1. The lowest BCUT2D eigenvalue weighted by Gasteiger charge is -2.20.